The van der Waals surface area contributed by atoms with Gasteiger partial charge in [-0.05, 0) is 49.7 Å². The maximum absolute atomic E-state index is 12.7. The van der Waals surface area contributed by atoms with Gasteiger partial charge in [0.2, 0.25) is 0 Å². The van der Waals surface area contributed by atoms with E-state index in [0.29, 0.717) is 10.6 Å². The number of rotatable bonds is 4. The summed E-state index contributed by atoms with van der Waals surface area (Å²) in [5.41, 5.74) is 2.86. The Hall–Kier alpha value is -1.30. The monoisotopic (exact) mass is 438 g/mol. The van der Waals surface area contributed by atoms with Crippen LogP contribution in [-0.2, 0) is 0 Å². The van der Waals surface area contributed by atoms with Gasteiger partial charge in [0.25, 0.3) is 0 Å². The molecule has 0 amide bonds. The number of benzene rings is 2. The van der Waals surface area contributed by atoms with Gasteiger partial charge in [-0.15, -0.1) is 17.0 Å². The SMILES string of the molecule is Br.Cc1ccc(N(CC(=O)c2ccc(Cl)cc2)C2=NCCCS2)cc1. The minimum atomic E-state index is 0. The Morgan fingerprint density at radius 2 is 1.84 bits per heavy atom. The van der Waals surface area contributed by atoms with Gasteiger partial charge >= 0.3 is 0 Å². The van der Waals surface area contributed by atoms with Gasteiger partial charge in [0.15, 0.2) is 11.0 Å². The molecule has 0 saturated carbocycles. The van der Waals surface area contributed by atoms with E-state index >= 15 is 0 Å². The van der Waals surface area contributed by atoms with Crippen molar-refractivity contribution in [2.24, 2.45) is 4.99 Å². The molecule has 3 rings (SSSR count). The Balaban J connectivity index is 0.00000225. The molecule has 0 spiro atoms. The number of Topliss-reactive ketones (excluding diaryl/α,β-unsaturated/α-hetero) is 1. The number of halogens is 2. The van der Waals surface area contributed by atoms with E-state index < -0.39 is 0 Å². The quantitative estimate of drug-likeness (QED) is 0.597. The van der Waals surface area contributed by atoms with Crippen LogP contribution in [-0.4, -0.2) is 29.8 Å². The highest BCUT2D eigenvalue weighted by molar-refractivity contribution is 8.93. The maximum Gasteiger partial charge on any atom is 0.182 e. The summed E-state index contributed by atoms with van der Waals surface area (Å²) in [5.74, 6) is 1.09. The van der Waals surface area contributed by atoms with Crippen molar-refractivity contribution < 1.29 is 4.79 Å². The lowest BCUT2D eigenvalue weighted by molar-refractivity contribution is 0.100. The standard InChI is InChI=1S/C19H19ClN2OS.BrH/c1-14-3-9-17(10-4-14)22(19-21-11-2-12-24-19)13-18(23)15-5-7-16(20)8-6-15;/h3-10H,2,11-13H2,1H3;1H. The Morgan fingerprint density at radius 3 is 2.44 bits per heavy atom. The fraction of sp³-hybridized carbons (Fsp3) is 0.263. The summed E-state index contributed by atoms with van der Waals surface area (Å²) in [4.78, 5) is 19.3. The Labute approximate surface area is 168 Å². The number of anilines is 1. The normalized spacial score (nSPS) is 13.6. The molecule has 0 aliphatic carbocycles. The summed E-state index contributed by atoms with van der Waals surface area (Å²) < 4.78 is 0. The van der Waals surface area contributed by atoms with E-state index in [4.69, 9.17) is 11.6 Å². The highest BCUT2D eigenvalue weighted by Crippen LogP contribution is 2.24. The first-order valence-corrected chi connectivity index (χ1v) is 9.30. The van der Waals surface area contributed by atoms with Crippen molar-refractivity contribution in [3.63, 3.8) is 0 Å². The minimum absolute atomic E-state index is 0. The van der Waals surface area contributed by atoms with Crippen LogP contribution < -0.4 is 4.90 Å². The fourth-order valence-corrected chi connectivity index (χ4v) is 3.57. The molecular weight excluding hydrogens is 420 g/mol. The largest absolute Gasteiger partial charge is 0.313 e. The molecule has 1 heterocycles. The average molecular weight is 440 g/mol. The van der Waals surface area contributed by atoms with Gasteiger partial charge in [0, 0.05) is 28.6 Å². The summed E-state index contributed by atoms with van der Waals surface area (Å²) in [6, 6.07) is 15.2. The van der Waals surface area contributed by atoms with E-state index in [1.807, 2.05) is 17.0 Å². The highest BCUT2D eigenvalue weighted by Gasteiger charge is 2.20. The lowest BCUT2D eigenvalue weighted by Crippen LogP contribution is -2.35. The van der Waals surface area contributed by atoms with Crippen LogP contribution in [0, 0.1) is 6.92 Å². The third-order valence-electron chi connectivity index (χ3n) is 3.83. The number of carbonyl (C=O) groups is 1. The molecule has 1 aliphatic heterocycles. The summed E-state index contributed by atoms with van der Waals surface area (Å²) in [6.45, 7) is 3.15. The third kappa shape index (κ3) is 5.33. The molecule has 0 atom stereocenters. The van der Waals surface area contributed by atoms with Gasteiger partial charge in [-0.2, -0.15) is 0 Å². The molecule has 0 N–H and O–H groups in total. The second-order valence-electron chi connectivity index (χ2n) is 5.72. The second kappa shape index (κ2) is 9.41. The number of ketones is 1. The molecule has 0 radical (unpaired) electrons. The van der Waals surface area contributed by atoms with Crippen molar-refractivity contribution in [3.8, 4) is 0 Å². The van der Waals surface area contributed by atoms with E-state index in [2.05, 4.69) is 24.0 Å². The van der Waals surface area contributed by atoms with E-state index in [-0.39, 0.29) is 29.3 Å². The van der Waals surface area contributed by atoms with Crippen molar-refractivity contribution in [2.45, 2.75) is 13.3 Å². The van der Waals surface area contributed by atoms with Gasteiger partial charge < -0.3 is 4.90 Å². The molecular formula is C19H20BrClN2OS. The molecule has 132 valence electrons. The molecule has 1 aliphatic rings. The van der Waals surface area contributed by atoms with Crippen LogP contribution in [0.1, 0.15) is 22.3 Å². The van der Waals surface area contributed by atoms with E-state index in [9.17, 15) is 4.79 Å². The number of aryl methyl sites for hydroxylation is 1. The molecule has 25 heavy (non-hydrogen) atoms. The van der Waals surface area contributed by atoms with Gasteiger partial charge in [-0.3, -0.25) is 9.79 Å². The zero-order valence-corrected chi connectivity index (χ0v) is 17.2. The maximum atomic E-state index is 12.7. The molecule has 2 aromatic carbocycles. The smallest absolute Gasteiger partial charge is 0.182 e. The van der Waals surface area contributed by atoms with E-state index in [1.54, 1.807) is 36.0 Å². The number of carbonyl (C=O) groups excluding carboxylic acids is 1. The molecule has 0 bridgehead atoms. The molecule has 6 heteroatoms. The average Bonchev–Trinajstić information content (AvgIpc) is 2.62. The zero-order valence-electron chi connectivity index (χ0n) is 13.9. The van der Waals surface area contributed by atoms with E-state index in [0.717, 1.165) is 29.6 Å². The van der Waals surface area contributed by atoms with Crippen molar-refractivity contribution in [1.29, 1.82) is 0 Å². The highest BCUT2D eigenvalue weighted by atomic mass is 79.9. The predicted molar refractivity (Wildman–Crippen MR) is 114 cm³/mol. The molecule has 0 aromatic heterocycles. The molecule has 3 nitrogen and oxygen atoms in total. The molecule has 2 aromatic rings. The Morgan fingerprint density at radius 1 is 1.16 bits per heavy atom. The van der Waals surface area contributed by atoms with Crippen LogP contribution >= 0.6 is 40.3 Å². The number of nitrogens with zero attached hydrogens (tertiary/aromatic N) is 2. The lowest BCUT2D eigenvalue weighted by atomic mass is 10.1. The lowest BCUT2D eigenvalue weighted by Gasteiger charge is -2.27. The van der Waals surface area contributed by atoms with Crippen LogP contribution in [0.2, 0.25) is 5.02 Å². The van der Waals surface area contributed by atoms with Gasteiger partial charge in [-0.1, -0.05) is 41.1 Å². The topological polar surface area (TPSA) is 32.7 Å². The van der Waals surface area contributed by atoms with Crippen molar-refractivity contribution in [3.05, 3.63) is 64.7 Å². The summed E-state index contributed by atoms with van der Waals surface area (Å²) in [7, 11) is 0. The van der Waals surface area contributed by atoms with Crippen molar-refractivity contribution in [2.75, 3.05) is 23.7 Å². The first kappa shape index (κ1) is 20.0. The Bertz CT molecular complexity index is 747. The summed E-state index contributed by atoms with van der Waals surface area (Å²) >= 11 is 7.62. The number of hydrogen-bond acceptors (Lipinski definition) is 4. The van der Waals surface area contributed by atoms with Crippen LogP contribution in [0.3, 0.4) is 0 Å². The summed E-state index contributed by atoms with van der Waals surface area (Å²) in [5, 5.41) is 1.56. The van der Waals surface area contributed by atoms with Gasteiger partial charge in [0.05, 0.1) is 6.54 Å². The van der Waals surface area contributed by atoms with Crippen LogP contribution in [0.5, 0.6) is 0 Å². The molecule has 0 saturated heterocycles. The second-order valence-corrected chi connectivity index (χ2v) is 7.22. The van der Waals surface area contributed by atoms with Crippen LogP contribution in [0.25, 0.3) is 0 Å². The molecule has 0 fully saturated rings. The number of amidine groups is 1. The molecule has 0 unspecified atom stereocenters. The zero-order chi connectivity index (χ0) is 16.9. The predicted octanol–water partition coefficient (Wildman–Crippen LogP) is 5.41. The van der Waals surface area contributed by atoms with Crippen molar-refractivity contribution >= 4 is 57.0 Å². The minimum Gasteiger partial charge on any atom is -0.313 e. The first-order chi connectivity index (χ1) is 11.6. The van der Waals surface area contributed by atoms with Crippen LogP contribution in [0.15, 0.2) is 53.5 Å². The third-order valence-corrected chi connectivity index (χ3v) is 5.18. The summed E-state index contributed by atoms with van der Waals surface area (Å²) in [6.07, 6.45) is 1.08. The number of aliphatic imine (C=N–C) groups is 1. The first-order valence-electron chi connectivity index (χ1n) is 7.94. The van der Waals surface area contributed by atoms with E-state index in [1.165, 1.54) is 5.56 Å². The van der Waals surface area contributed by atoms with Crippen molar-refractivity contribution in [1.82, 2.24) is 0 Å². The van der Waals surface area contributed by atoms with Gasteiger partial charge in [0.1, 0.15) is 0 Å². The van der Waals surface area contributed by atoms with Crippen LogP contribution in [0.4, 0.5) is 5.69 Å². The number of thioether (sulfide) groups is 1. The number of hydrogen-bond donors (Lipinski definition) is 0. The van der Waals surface area contributed by atoms with Gasteiger partial charge in [-0.25, -0.2) is 0 Å². The fourth-order valence-electron chi connectivity index (χ4n) is 2.48. The Kier molecular flexibility index (Phi) is 7.54.